The van der Waals surface area contributed by atoms with E-state index < -0.39 is 0 Å². The molecule has 0 atom stereocenters. The monoisotopic (exact) mass is 250 g/mol. The molecule has 0 aliphatic carbocycles. The first kappa shape index (κ1) is 11.5. The fourth-order valence-corrected chi connectivity index (χ4v) is 1.58. The average Bonchev–Trinajstić information content (AvgIpc) is 2.64. The first-order valence-corrected chi connectivity index (χ1v) is 5.29. The van der Waals surface area contributed by atoms with Crippen LogP contribution in [-0.4, -0.2) is 15.5 Å². The van der Waals surface area contributed by atoms with Gasteiger partial charge in [0.05, 0.1) is 5.56 Å². The summed E-state index contributed by atoms with van der Waals surface area (Å²) in [7, 11) is 1.79. The number of nitrogens with two attached hydrogens (primary N) is 1. The van der Waals surface area contributed by atoms with Crippen LogP contribution in [0.1, 0.15) is 10.4 Å². The van der Waals surface area contributed by atoms with Gasteiger partial charge in [-0.3, -0.25) is 10.1 Å². The van der Waals surface area contributed by atoms with Crippen LogP contribution >= 0.6 is 11.6 Å². The Morgan fingerprint density at radius 1 is 1.53 bits per heavy atom. The second-order valence-corrected chi connectivity index (χ2v) is 3.98. The summed E-state index contributed by atoms with van der Waals surface area (Å²) in [5.74, 6) is 0.151. The largest absolute Gasteiger partial charge is 0.398 e. The molecule has 0 fully saturated rings. The molecule has 1 amide bonds. The number of anilines is 2. The SMILES string of the molecule is Cn1ccnc1NC(=O)c1ccc(Cl)cc1N. The topological polar surface area (TPSA) is 72.9 Å². The number of carbonyl (C=O) groups is 1. The zero-order chi connectivity index (χ0) is 12.4. The summed E-state index contributed by atoms with van der Waals surface area (Å²) in [5.41, 5.74) is 6.43. The van der Waals surface area contributed by atoms with Crippen LogP contribution in [0.4, 0.5) is 11.6 Å². The van der Waals surface area contributed by atoms with E-state index in [0.29, 0.717) is 22.2 Å². The molecule has 17 heavy (non-hydrogen) atoms. The summed E-state index contributed by atoms with van der Waals surface area (Å²) in [6.45, 7) is 0. The van der Waals surface area contributed by atoms with Crippen molar-refractivity contribution >= 4 is 29.1 Å². The van der Waals surface area contributed by atoms with Crippen LogP contribution in [0, 0.1) is 0 Å². The minimum Gasteiger partial charge on any atom is -0.398 e. The molecule has 2 aromatic rings. The van der Waals surface area contributed by atoms with E-state index in [9.17, 15) is 4.79 Å². The van der Waals surface area contributed by atoms with Crippen LogP contribution in [0.5, 0.6) is 0 Å². The Labute approximate surface area is 103 Å². The molecule has 1 aromatic carbocycles. The van der Waals surface area contributed by atoms with Crippen LogP contribution in [0.3, 0.4) is 0 Å². The van der Waals surface area contributed by atoms with Gasteiger partial charge in [0.2, 0.25) is 5.95 Å². The van der Waals surface area contributed by atoms with Crippen molar-refractivity contribution in [2.24, 2.45) is 7.05 Å². The second kappa shape index (κ2) is 4.47. The number of nitrogens with one attached hydrogen (secondary N) is 1. The first-order valence-electron chi connectivity index (χ1n) is 4.91. The molecular weight excluding hydrogens is 240 g/mol. The number of benzene rings is 1. The Morgan fingerprint density at radius 2 is 2.29 bits per heavy atom. The number of amides is 1. The van der Waals surface area contributed by atoms with Gasteiger partial charge in [0, 0.05) is 30.2 Å². The van der Waals surface area contributed by atoms with Crippen LogP contribution in [0.2, 0.25) is 5.02 Å². The summed E-state index contributed by atoms with van der Waals surface area (Å²) in [5, 5.41) is 3.15. The van der Waals surface area contributed by atoms with Crippen molar-refractivity contribution in [3.8, 4) is 0 Å². The number of hydrogen-bond donors (Lipinski definition) is 2. The Hall–Kier alpha value is -2.01. The summed E-state index contributed by atoms with van der Waals surface area (Å²) in [4.78, 5) is 15.9. The second-order valence-electron chi connectivity index (χ2n) is 3.55. The predicted octanol–water partition coefficient (Wildman–Crippen LogP) is 1.91. The van der Waals surface area contributed by atoms with E-state index in [-0.39, 0.29) is 5.91 Å². The lowest BCUT2D eigenvalue weighted by molar-refractivity contribution is 0.102. The first-order chi connectivity index (χ1) is 8.08. The predicted molar refractivity (Wildman–Crippen MR) is 67.0 cm³/mol. The van der Waals surface area contributed by atoms with Crippen molar-refractivity contribution in [2.45, 2.75) is 0 Å². The van der Waals surface area contributed by atoms with Gasteiger partial charge in [-0.05, 0) is 18.2 Å². The van der Waals surface area contributed by atoms with Crippen LogP contribution in [0.15, 0.2) is 30.6 Å². The molecule has 0 saturated heterocycles. The lowest BCUT2D eigenvalue weighted by atomic mass is 10.1. The van der Waals surface area contributed by atoms with Gasteiger partial charge in [-0.25, -0.2) is 4.98 Å². The fourth-order valence-electron chi connectivity index (χ4n) is 1.40. The third kappa shape index (κ3) is 2.39. The molecule has 3 N–H and O–H groups in total. The van der Waals surface area contributed by atoms with Gasteiger partial charge in [0.15, 0.2) is 0 Å². The molecule has 1 aromatic heterocycles. The average molecular weight is 251 g/mol. The highest BCUT2D eigenvalue weighted by Gasteiger charge is 2.11. The van der Waals surface area contributed by atoms with Crippen molar-refractivity contribution in [1.82, 2.24) is 9.55 Å². The zero-order valence-corrected chi connectivity index (χ0v) is 9.90. The highest BCUT2D eigenvalue weighted by atomic mass is 35.5. The number of halogens is 1. The molecule has 0 bridgehead atoms. The molecule has 88 valence electrons. The maximum atomic E-state index is 11.9. The third-order valence-electron chi connectivity index (χ3n) is 2.30. The third-order valence-corrected chi connectivity index (χ3v) is 2.54. The smallest absolute Gasteiger partial charge is 0.260 e. The summed E-state index contributed by atoms with van der Waals surface area (Å²) in [6, 6.07) is 4.73. The lowest BCUT2D eigenvalue weighted by Crippen LogP contribution is -2.16. The van der Waals surface area contributed by atoms with Crippen molar-refractivity contribution < 1.29 is 4.79 Å². The molecule has 0 aliphatic rings. The standard InChI is InChI=1S/C11H11ClN4O/c1-16-5-4-14-11(16)15-10(17)8-3-2-7(12)6-9(8)13/h2-6H,13H2,1H3,(H,14,15,17). The molecule has 0 saturated carbocycles. The number of nitrogen functional groups attached to an aromatic ring is 1. The Morgan fingerprint density at radius 3 is 2.88 bits per heavy atom. The van der Waals surface area contributed by atoms with Crippen molar-refractivity contribution in [2.75, 3.05) is 11.1 Å². The molecule has 1 heterocycles. The normalized spacial score (nSPS) is 10.2. The molecule has 2 rings (SSSR count). The number of nitrogens with zero attached hydrogens (tertiary/aromatic N) is 2. The van der Waals surface area contributed by atoms with Gasteiger partial charge in [0.25, 0.3) is 5.91 Å². The van der Waals surface area contributed by atoms with E-state index in [2.05, 4.69) is 10.3 Å². The van der Waals surface area contributed by atoms with Gasteiger partial charge in [-0.15, -0.1) is 0 Å². The highest BCUT2D eigenvalue weighted by molar-refractivity contribution is 6.31. The zero-order valence-electron chi connectivity index (χ0n) is 9.14. The van der Waals surface area contributed by atoms with E-state index in [4.69, 9.17) is 17.3 Å². The summed E-state index contributed by atoms with van der Waals surface area (Å²) in [6.07, 6.45) is 3.33. The minimum atomic E-state index is -0.312. The molecule has 6 heteroatoms. The van der Waals surface area contributed by atoms with Gasteiger partial charge in [-0.1, -0.05) is 11.6 Å². The van der Waals surface area contributed by atoms with E-state index in [1.165, 1.54) is 6.07 Å². The number of aryl methyl sites for hydroxylation is 1. The molecule has 0 radical (unpaired) electrons. The van der Waals surface area contributed by atoms with Gasteiger partial charge < -0.3 is 10.3 Å². The number of aromatic nitrogens is 2. The number of hydrogen-bond acceptors (Lipinski definition) is 3. The van der Waals surface area contributed by atoms with Crippen LogP contribution in [0.25, 0.3) is 0 Å². The Balaban J connectivity index is 2.23. The summed E-state index contributed by atoms with van der Waals surface area (Å²) < 4.78 is 1.70. The molecule has 0 spiro atoms. The van der Waals surface area contributed by atoms with Gasteiger partial charge in [-0.2, -0.15) is 0 Å². The van der Waals surface area contributed by atoms with Crippen molar-refractivity contribution in [3.63, 3.8) is 0 Å². The molecule has 5 nitrogen and oxygen atoms in total. The van der Waals surface area contributed by atoms with Gasteiger partial charge in [0.1, 0.15) is 0 Å². The van der Waals surface area contributed by atoms with Gasteiger partial charge >= 0.3 is 0 Å². The van der Waals surface area contributed by atoms with Crippen LogP contribution in [-0.2, 0) is 7.05 Å². The van der Waals surface area contributed by atoms with Crippen molar-refractivity contribution in [3.05, 3.63) is 41.2 Å². The van der Waals surface area contributed by atoms with E-state index in [1.807, 2.05) is 0 Å². The lowest BCUT2D eigenvalue weighted by Gasteiger charge is -2.07. The minimum absolute atomic E-state index is 0.312. The van der Waals surface area contributed by atoms with Crippen molar-refractivity contribution in [1.29, 1.82) is 0 Å². The summed E-state index contributed by atoms with van der Waals surface area (Å²) >= 11 is 5.76. The molecule has 0 unspecified atom stereocenters. The maximum Gasteiger partial charge on any atom is 0.260 e. The highest BCUT2D eigenvalue weighted by Crippen LogP contribution is 2.18. The quantitative estimate of drug-likeness (QED) is 0.800. The van der Waals surface area contributed by atoms with E-state index in [0.717, 1.165) is 0 Å². The van der Waals surface area contributed by atoms with E-state index in [1.54, 1.807) is 36.1 Å². The Kier molecular flexibility index (Phi) is 3.01. The number of imidazole rings is 1. The number of carbonyl (C=O) groups excluding carboxylic acids is 1. The maximum absolute atomic E-state index is 11.9. The fraction of sp³-hybridized carbons (Fsp3) is 0.0909. The number of rotatable bonds is 2. The van der Waals surface area contributed by atoms with Crippen LogP contribution < -0.4 is 11.1 Å². The molecule has 0 aliphatic heterocycles. The molecular formula is C11H11ClN4O. The Bertz CT molecular complexity index is 564. The van der Waals surface area contributed by atoms with E-state index >= 15 is 0 Å².